The Bertz CT molecular complexity index is 1590. The second-order valence-corrected chi connectivity index (χ2v) is 15.1. The highest BCUT2D eigenvalue weighted by Gasteiger charge is 2.62. The molecule has 5 amide bonds. The Morgan fingerprint density at radius 3 is 2.62 bits per heavy atom. The number of carbonyl (C=O) groups excluding carboxylic acids is 5. The molecule has 1 saturated heterocycles. The van der Waals surface area contributed by atoms with E-state index in [-0.39, 0.29) is 32.5 Å². The van der Waals surface area contributed by atoms with Gasteiger partial charge in [-0.15, -0.1) is 6.58 Å². The maximum atomic E-state index is 14.0. The van der Waals surface area contributed by atoms with E-state index in [9.17, 15) is 32.4 Å². The van der Waals surface area contributed by atoms with Gasteiger partial charge in [-0.2, -0.15) is 0 Å². The molecule has 2 saturated carbocycles. The standard InChI is InChI=1S/C33H43N5O9S/c1-4-23-17-33(23,30(41)37-48(44,45)25-12-13-25)36-28(39)26-16-24-19-38(26)29(40)27(20(2)3)35-32(43)46-14-7-5-6-9-21-10-8-11-22(15-21)18-34-31(42)47-24/h4,6,8-11,15,20,23-27H,1,5,7,12-14,16-19H2,2-3H3,(H,34,42)(H,35,43)(H,36,39)(H,37,41)/b9-6+/t23-,24-,26+,27+,33-/m1/s1. The van der Waals surface area contributed by atoms with Gasteiger partial charge in [-0.25, -0.2) is 18.0 Å². The van der Waals surface area contributed by atoms with Gasteiger partial charge in [0.05, 0.1) is 18.4 Å². The number of nitrogens with one attached hydrogen (secondary N) is 4. The Morgan fingerprint density at radius 2 is 1.94 bits per heavy atom. The van der Waals surface area contributed by atoms with E-state index in [0.717, 1.165) is 11.1 Å². The van der Waals surface area contributed by atoms with Crippen LogP contribution in [-0.4, -0.2) is 85.4 Å². The molecule has 1 aromatic rings. The molecule has 0 spiro atoms. The molecule has 5 atom stereocenters. The van der Waals surface area contributed by atoms with Crippen molar-refractivity contribution in [3.05, 3.63) is 54.1 Å². The Balaban J connectivity index is 1.37. The molecule has 0 unspecified atom stereocenters. The van der Waals surface area contributed by atoms with Crippen molar-refractivity contribution in [1.29, 1.82) is 0 Å². The van der Waals surface area contributed by atoms with Crippen molar-refractivity contribution in [2.75, 3.05) is 13.2 Å². The first kappa shape index (κ1) is 34.9. The minimum Gasteiger partial charge on any atom is -0.450 e. The summed E-state index contributed by atoms with van der Waals surface area (Å²) in [5, 5.41) is 7.37. The van der Waals surface area contributed by atoms with E-state index in [4.69, 9.17) is 9.47 Å². The van der Waals surface area contributed by atoms with E-state index in [1.54, 1.807) is 13.8 Å². The van der Waals surface area contributed by atoms with Crippen LogP contribution >= 0.6 is 0 Å². The molecule has 5 rings (SSSR count). The third kappa shape index (κ3) is 8.17. The predicted molar refractivity (Wildman–Crippen MR) is 174 cm³/mol. The summed E-state index contributed by atoms with van der Waals surface area (Å²) in [6.07, 6.45) is 5.02. The van der Waals surface area contributed by atoms with E-state index in [1.165, 1.54) is 11.0 Å². The van der Waals surface area contributed by atoms with E-state index >= 15 is 0 Å². The number of nitrogens with zero attached hydrogens (tertiary/aromatic N) is 1. The van der Waals surface area contributed by atoms with Gasteiger partial charge in [0.25, 0.3) is 5.91 Å². The summed E-state index contributed by atoms with van der Waals surface area (Å²) in [6.45, 7) is 7.31. The van der Waals surface area contributed by atoms with Gasteiger partial charge >= 0.3 is 12.2 Å². The maximum Gasteiger partial charge on any atom is 0.407 e. The van der Waals surface area contributed by atoms with Gasteiger partial charge in [-0.1, -0.05) is 50.3 Å². The van der Waals surface area contributed by atoms with Gasteiger partial charge < -0.3 is 30.3 Å². The molecule has 3 fully saturated rings. The normalized spacial score (nSPS) is 29.0. The average Bonchev–Trinajstić information content (AvgIpc) is 3.97. The van der Waals surface area contributed by atoms with Crippen LogP contribution in [0.2, 0.25) is 0 Å². The summed E-state index contributed by atoms with van der Waals surface area (Å²) in [4.78, 5) is 68.0. The quantitative estimate of drug-likeness (QED) is 0.312. The minimum atomic E-state index is -3.90. The fourth-order valence-electron chi connectivity index (χ4n) is 6.01. The van der Waals surface area contributed by atoms with Crippen LogP contribution in [0.15, 0.2) is 43.0 Å². The molecule has 2 aliphatic heterocycles. The first-order valence-corrected chi connectivity index (χ1v) is 17.8. The zero-order valence-electron chi connectivity index (χ0n) is 27.1. The molecule has 4 aliphatic rings. The smallest absolute Gasteiger partial charge is 0.407 e. The molecule has 48 heavy (non-hydrogen) atoms. The molecule has 2 aliphatic carbocycles. The van der Waals surface area contributed by atoms with Crippen molar-refractivity contribution in [2.24, 2.45) is 11.8 Å². The van der Waals surface area contributed by atoms with Crippen LogP contribution in [0.25, 0.3) is 6.08 Å². The van der Waals surface area contributed by atoms with Crippen LogP contribution in [-0.2, 0) is 40.4 Å². The Kier molecular flexibility index (Phi) is 10.5. The summed E-state index contributed by atoms with van der Waals surface area (Å²) in [6, 6.07) is 5.27. The molecular formula is C33H43N5O9S. The molecule has 4 bridgehead atoms. The number of cyclic esters (lactones) is 1. The monoisotopic (exact) mass is 685 g/mol. The summed E-state index contributed by atoms with van der Waals surface area (Å²) in [5.41, 5.74) is 0.191. The van der Waals surface area contributed by atoms with E-state index in [0.29, 0.717) is 25.7 Å². The van der Waals surface area contributed by atoms with Crippen LogP contribution in [0.3, 0.4) is 0 Å². The molecule has 1 aromatic carbocycles. The fraction of sp³-hybridized carbons (Fsp3) is 0.545. The number of ether oxygens (including phenoxy) is 2. The zero-order chi connectivity index (χ0) is 34.6. The number of alkyl carbamates (subject to hydrolysis) is 2. The number of carbonyl (C=O) groups is 5. The van der Waals surface area contributed by atoms with Crippen LogP contribution in [0, 0.1) is 11.8 Å². The van der Waals surface area contributed by atoms with Gasteiger partial charge in [0.2, 0.25) is 21.8 Å². The van der Waals surface area contributed by atoms with Crippen LogP contribution < -0.4 is 20.7 Å². The van der Waals surface area contributed by atoms with Gasteiger partial charge in [-0.3, -0.25) is 19.1 Å². The van der Waals surface area contributed by atoms with Gasteiger partial charge in [0, 0.05) is 18.9 Å². The SMILES string of the molecule is C=C[C@@H]1C[C@]1(NC(=O)[C@@H]1C[C@@H]2CN1C(=O)[C@H](C(C)C)NC(=O)OCCC/C=C/c1cccc(c1)CNC(=O)O2)C(=O)NS(=O)(=O)C1CC1. The van der Waals surface area contributed by atoms with Gasteiger partial charge in [0.15, 0.2) is 0 Å². The number of rotatable bonds is 7. The zero-order valence-corrected chi connectivity index (χ0v) is 27.9. The van der Waals surface area contributed by atoms with E-state index < -0.39 is 80.7 Å². The molecule has 2 heterocycles. The number of hydrogen-bond acceptors (Lipinski definition) is 9. The molecule has 15 heteroatoms. The predicted octanol–water partition coefficient (Wildman–Crippen LogP) is 2.11. The molecule has 260 valence electrons. The molecule has 0 aromatic heterocycles. The average molecular weight is 686 g/mol. The van der Waals surface area contributed by atoms with Crippen LogP contribution in [0.4, 0.5) is 9.59 Å². The maximum absolute atomic E-state index is 14.0. The fourth-order valence-corrected chi connectivity index (χ4v) is 7.38. The van der Waals surface area contributed by atoms with Crippen molar-refractivity contribution in [3.63, 3.8) is 0 Å². The highest BCUT2D eigenvalue weighted by Crippen LogP contribution is 2.45. The third-order valence-electron chi connectivity index (χ3n) is 9.02. The minimum absolute atomic E-state index is 0.0998. The van der Waals surface area contributed by atoms with E-state index in [2.05, 4.69) is 27.3 Å². The number of fused-ring (bicyclic) bond motifs is 4. The second kappa shape index (κ2) is 14.4. The summed E-state index contributed by atoms with van der Waals surface area (Å²) in [7, 11) is -3.90. The first-order chi connectivity index (χ1) is 22.8. The van der Waals surface area contributed by atoms with Crippen molar-refractivity contribution in [1.82, 2.24) is 25.6 Å². The van der Waals surface area contributed by atoms with Gasteiger partial charge in [0.1, 0.15) is 23.7 Å². The number of amides is 5. The lowest BCUT2D eigenvalue weighted by molar-refractivity contribution is -0.141. The Hall–Kier alpha value is -4.40. The van der Waals surface area contributed by atoms with Crippen LogP contribution in [0.5, 0.6) is 0 Å². The van der Waals surface area contributed by atoms with Crippen LogP contribution in [0.1, 0.15) is 63.5 Å². The molecule has 14 nitrogen and oxygen atoms in total. The summed E-state index contributed by atoms with van der Waals surface area (Å²) < 4.78 is 38.2. The largest absolute Gasteiger partial charge is 0.450 e. The third-order valence-corrected chi connectivity index (χ3v) is 10.8. The molecule has 4 N–H and O–H groups in total. The highest BCUT2D eigenvalue weighted by molar-refractivity contribution is 7.91. The number of benzene rings is 1. The lowest BCUT2D eigenvalue weighted by Gasteiger charge is -2.31. The Labute approximate surface area is 280 Å². The number of hydrogen-bond donors (Lipinski definition) is 4. The summed E-state index contributed by atoms with van der Waals surface area (Å²) >= 11 is 0. The first-order valence-electron chi connectivity index (χ1n) is 16.3. The Morgan fingerprint density at radius 1 is 1.17 bits per heavy atom. The summed E-state index contributed by atoms with van der Waals surface area (Å²) in [5.74, 6) is -3.16. The van der Waals surface area contributed by atoms with Crippen molar-refractivity contribution in [3.8, 4) is 0 Å². The second-order valence-electron chi connectivity index (χ2n) is 13.1. The lowest BCUT2D eigenvalue weighted by Crippen LogP contribution is -2.59. The number of sulfonamides is 1. The van der Waals surface area contributed by atoms with E-state index in [1.807, 2.05) is 36.4 Å². The number of allylic oxidation sites excluding steroid dienone is 1. The lowest BCUT2D eigenvalue weighted by atomic mass is 10.0. The highest BCUT2D eigenvalue weighted by atomic mass is 32.2. The van der Waals surface area contributed by atoms with Crippen molar-refractivity contribution >= 4 is 46.0 Å². The van der Waals surface area contributed by atoms with Crippen molar-refractivity contribution < 1.29 is 41.9 Å². The van der Waals surface area contributed by atoms with Gasteiger partial charge in [-0.05, 0) is 55.2 Å². The van der Waals surface area contributed by atoms with Crippen molar-refractivity contribution in [2.45, 2.75) is 87.9 Å². The topological polar surface area (TPSA) is 189 Å². The molecular weight excluding hydrogens is 642 g/mol. The molecule has 0 radical (unpaired) electrons.